The van der Waals surface area contributed by atoms with Crippen molar-refractivity contribution in [2.45, 2.75) is 27.2 Å². The molecule has 0 unspecified atom stereocenters. The Hall–Kier alpha value is -1.64. The summed E-state index contributed by atoms with van der Waals surface area (Å²) in [7, 11) is 0. The molecule has 16 heavy (non-hydrogen) atoms. The molecule has 0 aromatic heterocycles. The molecule has 3 nitrogen and oxygen atoms in total. The number of carbonyl (C=O) groups excluding carboxylic acids is 2. The SMILES string of the molecule is CC(C)(C)C(=O)OC(=O)Cc1ccccc1. The highest BCUT2D eigenvalue weighted by molar-refractivity contribution is 5.89. The number of hydrogen-bond acceptors (Lipinski definition) is 3. The molecule has 1 aromatic rings. The zero-order valence-electron chi connectivity index (χ0n) is 9.82. The van der Waals surface area contributed by atoms with Crippen LogP contribution in [0.15, 0.2) is 30.3 Å². The van der Waals surface area contributed by atoms with Crippen molar-refractivity contribution in [2.75, 3.05) is 0 Å². The minimum absolute atomic E-state index is 0.128. The second-order valence-electron chi connectivity index (χ2n) is 4.67. The molecule has 0 N–H and O–H groups in total. The van der Waals surface area contributed by atoms with Crippen molar-refractivity contribution in [1.29, 1.82) is 0 Å². The lowest BCUT2D eigenvalue weighted by Crippen LogP contribution is -2.26. The molecule has 0 spiro atoms. The highest BCUT2D eigenvalue weighted by Gasteiger charge is 2.25. The van der Waals surface area contributed by atoms with E-state index in [2.05, 4.69) is 0 Å². The van der Waals surface area contributed by atoms with Gasteiger partial charge < -0.3 is 4.74 Å². The van der Waals surface area contributed by atoms with Crippen LogP contribution in [0.25, 0.3) is 0 Å². The molecule has 0 amide bonds. The third-order valence-corrected chi connectivity index (χ3v) is 2.01. The maximum atomic E-state index is 11.4. The summed E-state index contributed by atoms with van der Waals surface area (Å²) in [5.74, 6) is -1.00. The van der Waals surface area contributed by atoms with Crippen molar-refractivity contribution in [3.63, 3.8) is 0 Å². The number of esters is 2. The van der Waals surface area contributed by atoms with Crippen molar-refractivity contribution in [3.8, 4) is 0 Å². The van der Waals surface area contributed by atoms with Gasteiger partial charge in [-0.15, -0.1) is 0 Å². The van der Waals surface area contributed by atoms with Crippen LogP contribution in [0.1, 0.15) is 26.3 Å². The second kappa shape index (κ2) is 4.92. The first-order valence-electron chi connectivity index (χ1n) is 5.18. The fraction of sp³-hybridized carbons (Fsp3) is 0.385. The predicted molar refractivity (Wildman–Crippen MR) is 60.7 cm³/mol. The first-order valence-corrected chi connectivity index (χ1v) is 5.18. The first kappa shape index (κ1) is 12.4. The molecule has 0 radical (unpaired) electrons. The lowest BCUT2D eigenvalue weighted by molar-refractivity contribution is -0.165. The second-order valence-corrected chi connectivity index (χ2v) is 4.67. The van der Waals surface area contributed by atoms with Crippen LogP contribution in [0.5, 0.6) is 0 Å². The summed E-state index contributed by atoms with van der Waals surface area (Å²) in [6, 6.07) is 9.20. The van der Waals surface area contributed by atoms with Crippen molar-refractivity contribution < 1.29 is 14.3 Å². The molecule has 1 rings (SSSR count). The van der Waals surface area contributed by atoms with E-state index in [1.807, 2.05) is 30.3 Å². The van der Waals surface area contributed by atoms with Crippen molar-refractivity contribution in [2.24, 2.45) is 5.41 Å². The molecule has 0 fully saturated rings. The van der Waals surface area contributed by atoms with Gasteiger partial charge in [0.25, 0.3) is 0 Å². The molecule has 0 saturated carbocycles. The maximum absolute atomic E-state index is 11.4. The van der Waals surface area contributed by atoms with Crippen molar-refractivity contribution in [1.82, 2.24) is 0 Å². The van der Waals surface area contributed by atoms with Crippen LogP contribution in [0, 0.1) is 5.41 Å². The lowest BCUT2D eigenvalue weighted by Gasteiger charge is -2.15. The number of benzene rings is 1. The molecule has 0 atom stereocenters. The van der Waals surface area contributed by atoms with E-state index >= 15 is 0 Å². The van der Waals surface area contributed by atoms with Gasteiger partial charge in [-0.25, -0.2) is 0 Å². The Morgan fingerprint density at radius 3 is 2.19 bits per heavy atom. The minimum Gasteiger partial charge on any atom is -0.393 e. The molecular weight excluding hydrogens is 204 g/mol. The van der Waals surface area contributed by atoms with Crippen LogP contribution >= 0.6 is 0 Å². The zero-order valence-corrected chi connectivity index (χ0v) is 9.82. The summed E-state index contributed by atoms with van der Waals surface area (Å²) in [5.41, 5.74) is 0.195. The Kier molecular flexibility index (Phi) is 3.82. The Morgan fingerprint density at radius 2 is 1.69 bits per heavy atom. The van der Waals surface area contributed by atoms with E-state index in [1.54, 1.807) is 20.8 Å². The van der Waals surface area contributed by atoms with Gasteiger partial charge in [0.05, 0.1) is 11.8 Å². The summed E-state index contributed by atoms with van der Waals surface area (Å²) in [4.78, 5) is 22.8. The predicted octanol–water partition coefficient (Wildman–Crippen LogP) is 2.35. The summed E-state index contributed by atoms with van der Waals surface area (Å²) in [6.07, 6.45) is 0.128. The Balaban J connectivity index is 2.52. The highest BCUT2D eigenvalue weighted by atomic mass is 16.6. The molecule has 0 bridgehead atoms. The standard InChI is InChI=1S/C13H16O3/c1-13(2,3)12(15)16-11(14)9-10-7-5-4-6-8-10/h4-8H,9H2,1-3H3. The largest absolute Gasteiger partial charge is 0.393 e. The van der Waals surface area contributed by atoms with Crippen LogP contribution < -0.4 is 0 Å². The van der Waals surface area contributed by atoms with Gasteiger partial charge in [-0.1, -0.05) is 30.3 Å². The van der Waals surface area contributed by atoms with E-state index in [0.717, 1.165) is 5.56 Å². The van der Waals surface area contributed by atoms with Gasteiger partial charge in [0.15, 0.2) is 0 Å². The van der Waals surface area contributed by atoms with Gasteiger partial charge >= 0.3 is 11.9 Å². The van der Waals surface area contributed by atoms with Gasteiger partial charge in [0.2, 0.25) is 0 Å². The monoisotopic (exact) mass is 220 g/mol. The zero-order chi connectivity index (χ0) is 12.2. The Labute approximate surface area is 95.4 Å². The molecule has 0 heterocycles. The quantitative estimate of drug-likeness (QED) is 0.567. The van der Waals surface area contributed by atoms with E-state index in [0.29, 0.717) is 0 Å². The topological polar surface area (TPSA) is 43.4 Å². The van der Waals surface area contributed by atoms with Crippen molar-refractivity contribution in [3.05, 3.63) is 35.9 Å². The van der Waals surface area contributed by atoms with Crippen LogP contribution in [0.2, 0.25) is 0 Å². The van der Waals surface area contributed by atoms with E-state index in [4.69, 9.17) is 4.74 Å². The van der Waals surface area contributed by atoms with Crippen LogP contribution in [-0.4, -0.2) is 11.9 Å². The number of hydrogen-bond donors (Lipinski definition) is 0. The highest BCUT2D eigenvalue weighted by Crippen LogP contribution is 2.15. The Morgan fingerprint density at radius 1 is 1.12 bits per heavy atom. The average molecular weight is 220 g/mol. The summed E-state index contributed by atoms with van der Waals surface area (Å²) in [6.45, 7) is 5.14. The van der Waals surface area contributed by atoms with E-state index < -0.39 is 17.4 Å². The van der Waals surface area contributed by atoms with Gasteiger partial charge in [-0.05, 0) is 26.3 Å². The van der Waals surface area contributed by atoms with Crippen LogP contribution in [0.4, 0.5) is 0 Å². The third-order valence-electron chi connectivity index (χ3n) is 2.01. The first-order chi connectivity index (χ1) is 7.39. The van der Waals surface area contributed by atoms with Crippen LogP contribution in [-0.2, 0) is 20.7 Å². The molecule has 0 aliphatic heterocycles. The molecule has 1 aromatic carbocycles. The number of rotatable bonds is 2. The van der Waals surface area contributed by atoms with Crippen molar-refractivity contribution >= 4 is 11.9 Å². The molecular formula is C13H16O3. The summed E-state index contributed by atoms with van der Waals surface area (Å²) < 4.78 is 4.74. The summed E-state index contributed by atoms with van der Waals surface area (Å²) in [5, 5.41) is 0. The van der Waals surface area contributed by atoms with Gasteiger partial charge in [0.1, 0.15) is 0 Å². The van der Waals surface area contributed by atoms with Crippen LogP contribution in [0.3, 0.4) is 0 Å². The molecule has 0 saturated heterocycles. The Bertz CT molecular complexity index is 374. The number of carbonyl (C=O) groups is 2. The van der Waals surface area contributed by atoms with E-state index in [-0.39, 0.29) is 6.42 Å². The fourth-order valence-corrected chi connectivity index (χ4v) is 1.06. The third kappa shape index (κ3) is 3.85. The van der Waals surface area contributed by atoms with Gasteiger partial charge in [-0.2, -0.15) is 0 Å². The molecule has 3 heteroatoms. The van der Waals surface area contributed by atoms with E-state index in [9.17, 15) is 9.59 Å². The molecule has 0 aliphatic rings. The van der Waals surface area contributed by atoms with Gasteiger partial charge in [-0.3, -0.25) is 9.59 Å². The molecule has 86 valence electrons. The number of ether oxygens (including phenoxy) is 1. The van der Waals surface area contributed by atoms with E-state index in [1.165, 1.54) is 0 Å². The average Bonchev–Trinajstić information content (AvgIpc) is 2.17. The van der Waals surface area contributed by atoms with Gasteiger partial charge in [0, 0.05) is 0 Å². The minimum atomic E-state index is -0.646. The maximum Gasteiger partial charge on any atom is 0.318 e. The lowest BCUT2D eigenvalue weighted by atomic mass is 9.97. The smallest absolute Gasteiger partial charge is 0.318 e. The fourth-order valence-electron chi connectivity index (χ4n) is 1.06. The summed E-state index contributed by atoms with van der Waals surface area (Å²) >= 11 is 0. The normalized spacial score (nSPS) is 10.9. The molecule has 0 aliphatic carbocycles.